The van der Waals surface area contributed by atoms with Gasteiger partial charge in [0.1, 0.15) is 0 Å². The van der Waals surface area contributed by atoms with Crippen LogP contribution < -0.4 is 0 Å². The quantitative estimate of drug-likeness (QED) is 0.299. The van der Waals surface area contributed by atoms with Crippen molar-refractivity contribution >= 4 is 9.17 Å². The molecule has 0 aliphatic rings. The lowest BCUT2D eigenvalue weighted by molar-refractivity contribution is -0.262. The maximum Gasteiger partial charge on any atom is 0.834 e. The standard InChI is InChI=1S/C2H6O5Si/c1-4-6-8(3)7-5-2/h1-2H3. The van der Waals surface area contributed by atoms with Crippen molar-refractivity contribution in [3.8, 4) is 0 Å². The molecule has 8 heavy (non-hydrogen) atoms. The van der Waals surface area contributed by atoms with Gasteiger partial charge in [-0.1, -0.05) is 0 Å². The minimum atomic E-state index is -2.59. The van der Waals surface area contributed by atoms with Gasteiger partial charge in [-0.3, -0.25) is 4.46 Å². The molecular formula is C2H6O5Si. The van der Waals surface area contributed by atoms with Crippen LogP contribution in [0.15, 0.2) is 0 Å². The van der Waals surface area contributed by atoms with Gasteiger partial charge in [0.25, 0.3) is 0 Å². The fourth-order valence-electron chi connectivity index (χ4n) is 0.150. The minimum Gasteiger partial charge on any atom is -0.327 e. The van der Waals surface area contributed by atoms with Gasteiger partial charge in [-0.05, 0) is 0 Å². The lowest BCUT2D eigenvalue weighted by Gasteiger charge is -1.94. The van der Waals surface area contributed by atoms with Crippen LogP contribution in [0.4, 0.5) is 0 Å². The molecule has 48 valence electrons. The monoisotopic (exact) mass is 138 g/mol. The minimum absolute atomic E-state index is 1.22. The average molecular weight is 138 g/mol. The first kappa shape index (κ1) is 7.54. The second-order valence-electron chi connectivity index (χ2n) is 0.750. The zero-order chi connectivity index (χ0) is 6.41. The van der Waals surface area contributed by atoms with E-state index in [0.29, 0.717) is 0 Å². The molecule has 0 aromatic rings. The van der Waals surface area contributed by atoms with E-state index >= 15 is 0 Å². The molecule has 0 saturated heterocycles. The van der Waals surface area contributed by atoms with Crippen LogP contribution in [0.3, 0.4) is 0 Å². The topological polar surface area (TPSA) is 54.0 Å². The van der Waals surface area contributed by atoms with E-state index < -0.39 is 9.17 Å². The van der Waals surface area contributed by atoms with E-state index in [0.717, 1.165) is 0 Å². The second-order valence-corrected chi connectivity index (χ2v) is 1.58. The smallest absolute Gasteiger partial charge is 0.327 e. The first-order chi connectivity index (χ1) is 3.81. The summed E-state index contributed by atoms with van der Waals surface area (Å²) in [6, 6.07) is 0. The van der Waals surface area contributed by atoms with Crippen LogP contribution in [0.1, 0.15) is 0 Å². The largest absolute Gasteiger partial charge is 0.834 e. The molecule has 0 atom stereocenters. The normalized spacial score (nSPS) is 8.25. The zero-order valence-corrected chi connectivity index (χ0v) is 5.54. The molecule has 0 N–H and O–H groups in total. The number of rotatable bonds is 4. The molecule has 5 nitrogen and oxygen atoms in total. The van der Waals surface area contributed by atoms with Crippen LogP contribution in [0.25, 0.3) is 0 Å². The molecule has 0 heterocycles. The van der Waals surface area contributed by atoms with E-state index in [9.17, 15) is 4.46 Å². The van der Waals surface area contributed by atoms with Crippen LogP contribution in [0.2, 0.25) is 0 Å². The van der Waals surface area contributed by atoms with Gasteiger partial charge in [-0.2, -0.15) is 0 Å². The molecule has 0 radical (unpaired) electrons. The second kappa shape index (κ2) is 4.69. The van der Waals surface area contributed by atoms with Crippen molar-refractivity contribution in [3.05, 3.63) is 0 Å². The average Bonchev–Trinajstić information content (AvgIpc) is 1.68. The van der Waals surface area contributed by atoms with Crippen LogP contribution in [0.5, 0.6) is 0 Å². The highest BCUT2D eigenvalue weighted by Crippen LogP contribution is 1.76. The summed E-state index contributed by atoms with van der Waals surface area (Å²) < 4.78 is 18.1. The lowest BCUT2D eigenvalue weighted by atomic mass is 11.8. The summed E-state index contributed by atoms with van der Waals surface area (Å²) >= 11 is 0. The Balaban J connectivity index is 3.06. The molecule has 0 aliphatic carbocycles. The van der Waals surface area contributed by atoms with Crippen molar-refractivity contribution in [1.82, 2.24) is 0 Å². The predicted molar refractivity (Wildman–Crippen MR) is 22.6 cm³/mol. The highest BCUT2D eigenvalue weighted by Gasteiger charge is 2.11. The molecule has 0 rings (SSSR count). The van der Waals surface area contributed by atoms with Crippen LogP contribution >= 0.6 is 0 Å². The van der Waals surface area contributed by atoms with Gasteiger partial charge in [0.2, 0.25) is 0 Å². The highest BCUT2D eigenvalue weighted by atomic mass is 28.3. The molecule has 0 aliphatic heterocycles. The van der Waals surface area contributed by atoms with Gasteiger partial charge >= 0.3 is 9.17 Å². The molecule has 0 aromatic carbocycles. The maximum atomic E-state index is 10.1. The Bertz CT molecular complexity index is 64.8. The Hall–Kier alpha value is -0.463. The zero-order valence-electron chi connectivity index (χ0n) is 4.54. The predicted octanol–water partition coefficient (Wildman–Crippen LogP) is -0.442. The van der Waals surface area contributed by atoms with Crippen LogP contribution in [0, 0.1) is 0 Å². The molecule has 0 spiro atoms. The van der Waals surface area contributed by atoms with Crippen LogP contribution in [-0.4, -0.2) is 23.4 Å². The third-order valence-electron chi connectivity index (χ3n) is 0.303. The third-order valence-corrected chi connectivity index (χ3v) is 0.908. The maximum absolute atomic E-state index is 10.1. The van der Waals surface area contributed by atoms with Crippen LogP contribution in [-0.2, 0) is 23.4 Å². The third kappa shape index (κ3) is 3.72. The van der Waals surface area contributed by atoms with E-state index in [1.165, 1.54) is 14.2 Å². The van der Waals surface area contributed by atoms with Gasteiger partial charge in [-0.15, -0.1) is 0 Å². The molecule has 6 heteroatoms. The summed E-state index contributed by atoms with van der Waals surface area (Å²) in [5.41, 5.74) is 0. The van der Waals surface area contributed by atoms with Crippen molar-refractivity contribution in [1.29, 1.82) is 0 Å². The Morgan fingerprint density at radius 1 is 1.12 bits per heavy atom. The SMILES string of the molecule is COO[Si](=O)OOC. The van der Waals surface area contributed by atoms with E-state index in [4.69, 9.17) is 0 Å². The van der Waals surface area contributed by atoms with Gasteiger partial charge in [0.05, 0.1) is 14.2 Å². The van der Waals surface area contributed by atoms with Crippen molar-refractivity contribution in [2.24, 2.45) is 0 Å². The number of hydrogen-bond donors (Lipinski definition) is 0. The van der Waals surface area contributed by atoms with E-state index in [1.54, 1.807) is 0 Å². The van der Waals surface area contributed by atoms with Gasteiger partial charge < -0.3 is 9.15 Å². The summed E-state index contributed by atoms with van der Waals surface area (Å²) in [7, 11) is -0.138. The molecule has 0 fully saturated rings. The molecule has 0 bridgehead atoms. The Labute approximate surface area is 47.9 Å². The Kier molecular flexibility index (Phi) is 4.42. The van der Waals surface area contributed by atoms with Gasteiger partial charge in [0, 0.05) is 0 Å². The molecule has 0 unspecified atom stereocenters. The van der Waals surface area contributed by atoms with Crippen molar-refractivity contribution in [2.45, 2.75) is 0 Å². The summed E-state index contributed by atoms with van der Waals surface area (Å²) in [6.07, 6.45) is 0. The Morgan fingerprint density at radius 3 is 1.75 bits per heavy atom. The van der Waals surface area contributed by atoms with E-state index in [1.807, 2.05) is 0 Å². The lowest BCUT2D eigenvalue weighted by Crippen LogP contribution is -2.10. The van der Waals surface area contributed by atoms with Gasteiger partial charge in [0.15, 0.2) is 0 Å². The molecule has 0 aromatic heterocycles. The Morgan fingerprint density at radius 2 is 1.50 bits per heavy atom. The molecule has 0 amide bonds. The van der Waals surface area contributed by atoms with Gasteiger partial charge in [-0.25, -0.2) is 9.78 Å². The highest BCUT2D eigenvalue weighted by molar-refractivity contribution is 6.25. The molecular weight excluding hydrogens is 132 g/mol. The van der Waals surface area contributed by atoms with Crippen molar-refractivity contribution < 1.29 is 23.4 Å². The summed E-state index contributed by atoms with van der Waals surface area (Å²) in [4.78, 5) is 7.97. The summed E-state index contributed by atoms with van der Waals surface area (Å²) in [6.45, 7) is 0. The summed E-state index contributed by atoms with van der Waals surface area (Å²) in [5, 5.41) is 0. The van der Waals surface area contributed by atoms with Crippen molar-refractivity contribution in [2.75, 3.05) is 14.2 Å². The first-order valence-corrected chi connectivity index (χ1v) is 2.99. The summed E-state index contributed by atoms with van der Waals surface area (Å²) in [5.74, 6) is 0. The fraction of sp³-hybridized carbons (Fsp3) is 1.00. The fourth-order valence-corrected chi connectivity index (χ4v) is 0.450. The molecule has 0 saturated carbocycles. The number of hydrogen-bond acceptors (Lipinski definition) is 5. The van der Waals surface area contributed by atoms with Crippen molar-refractivity contribution in [3.63, 3.8) is 0 Å². The van der Waals surface area contributed by atoms with E-state index in [-0.39, 0.29) is 0 Å². The first-order valence-electron chi connectivity index (χ1n) is 1.76. The van der Waals surface area contributed by atoms with E-state index in [2.05, 4.69) is 18.9 Å².